The molecule has 1 aliphatic heterocycles. The third-order valence-electron chi connectivity index (χ3n) is 7.35. The number of esters is 1. The van der Waals surface area contributed by atoms with Gasteiger partial charge in [-0.15, -0.1) is 0 Å². The summed E-state index contributed by atoms with van der Waals surface area (Å²) in [5.41, 5.74) is 3.13. The molecule has 0 spiro atoms. The number of rotatable bonds is 7. The fraction of sp³-hybridized carbons (Fsp3) is 0.680. The van der Waals surface area contributed by atoms with Crippen molar-refractivity contribution in [3.8, 4) is 0 Å². The van der Waals surface area contributed by atoms with Crippen LogP contribution in [0.4, 0.5) is 0 Å². The van der Waals surface area contributed by atoms with E-state index in [-0.39, 0.29) is 35.3 Å². The Balaban J connectivity index is 1.94. The molecule has 166 valence electrons. The maximum atomic E-state index is 12.0. The Labute approximate surface area is 180 Å². The Morgan fingerprint density at radius 2 is 2.10 bits per heavy atom. The minimum atomic E-state index is -0.342. The van der Waals surface area contributed by atoms with E-state index in [9.17, 15) is 14.7 Å². The Hall–Kier alpha value is -1.72. The van der Waals surface area contributed by atoms with Gasteiger partial charge < -0.3 is 14.6 Å². The third kappa shape index (κ3) is 4.62. The van der Waals surface area contributed by atoms with Crippen LogP contribution < -0.4 is 0 Å². The van der Waals surface area contributed by atoms with Crippen LogP contribution in [0.15, 0.2) is 35.1 Å². The van der Waals surface area contributed by atoms with Crippen LogP contribution in [0.2, 0.25) is 0 Å². The van der Waals surface area contributed by atoms with Crippen molar-refractivity contribution in [3.05, 3.63) is 35.1 Å². The summed E-state index contributed by atoms with van der Waals surface area (Å²) in [5, 5.41) is 10.0. The molecule has 1 unspecified atom stereocenters. The van der Waals surface area contributed by atoms with Crippen molar-refractivity contribution in [3.63, 3.8) is 0 Å². The highest BCUT2D eigenvalue weighted by Crippen LogP contribution is 2.59. The van der Waals surface area contributed by atoms with Gasteiger partial charge in [-0.25, -0.2) is 4.79 Å². The topological polar surface area (TPSA) is 72.8 Å². The van der Waals surface area contributed by atoms with Crippen molar-refractivity contribution >= 4 is 11.8 Å². The predicted octanol–water partition coefficient (Wildman–Crippen LogP) is 4.51. The number of carbonyl (C=O) groups excluding carboxylic acids is 2. The van der Waals surface area contributed by atoms with E-state index in [0.29, 0.717) is 30.4 Å². The molecule has 6 atom stereocenters. The van der Waals surface area contributed by atoms with Crippen molar-refractivity contribution in [1.82, 2.24) is 0 Å². The summed E-state index contributed by atoms with van der Waals surface area (Å²) in [4.78, 5) is 23.9. The van der Waals surface area contributed by atoms with Gasteiger partial charge in [0.1, 0.15) is 5.78 Å². The number of fused-ring (bicyclic) bond motifs is 3. The lowest BCUT2D eigenvalue weighted by Crippen LogP contribution is -2.44. The van der Waals surface area contributed by atoms with E-state index < -0.39 is 0 Å². The average molecular weight is 417 g/mol. The predicted molar refractivity (Wildman–Crippen MR) is 115 cm³/mol. The molecule has 5 heteroatoms. The molecule has 0 aromatic carbocycles. The molecule has 1 heterocycles. The minimum Gasteiger partial charge on any atom is -0.431 e. The van der Waals surface area contributed by atoms with E-state index in [0.717, 1.165) is 25.7 Å². The highest BCUT2D eigenvalue weighted by atomic mass is 16.5. The molecule has 1 saturated carbocycles. The van der Waals surface area contributed by atoms with Crippen molar-refractivity contribution in [2.75, 3.05) is 6.61 Å². The summed E-state index contributed by atoms with van der Waals surface area (Å²) in [6, 6.07) is 0. The summed E-state index contributed by atoms with van der Waals surface area (Å²) >= 11 is 0. The standard InChI is InChI=1S/C25H36O5/c1-6-15(2)24(28)29-10-8-21-23-20(14-30-22(23)12-17(4)27)19-13-25(21,5)9-7-18(19)11-16(3)26/h6,8,10,16,18-19,21-22,26H,7,9,11-14H2,1-5H3/b10-8+,15-6+/t16?,18-,19-,21-,22-,25-/m0/s1. The number of Topliss-reactive ketones (excluding diaryl/α,β-unsaturated/α-hetero) is 1. The maximum absolute atomic E-state index is 12.0. The molecule has 3 rings (SSSR count). The minimum absolute atomic E-state index is 0.0278. The van der Waals surface area contributed by atoms with Gasteiger partial charge in [0.05, 0.1) is 25.1 Å². The Morgan fingerprint density at radius 1 is 1.37 bits per heavy atom. The van der Waals surface area contributed by atoms with Gasteiger partial charge in [0.15, 0.2) is 0 Å². The zero-order valence-corrected chi connectivity index (χ0v) is 18.9. The molecule has 0 saturated heterocycles. The van der Waals surface area contributed by atoms with Crippen LogP contribution in [0.1, 0.15) is 66.7 Å². The molecule has 0 radical (unpaired) electrons. The number of carbonyl (C=O) groups is 2. The molecule has 2 bridgehead atoms. The fourth-order valence-corrected chi connectivity index (χ4v) is 5.72. The second kappa shape index (κ2) is 9.19. The summed E-state index contributed by atoms with van der Waals surface area (Å²) in [5.74, 6) is 0.700. The zero-order valence-electron chi connectivity index (χ0n) is 18.9. The highest BCUT2D eigenvalue weighted by Gasteiger charge is 2.52. The number of hydrogen-bond acceptors (Lipinski definition) is 5. The zero-order chi connectivity index (χ0) is 22.1. The molecule has 2 aliphatic carbocycles. The molecular weight excluding hydrogens is 380 g/mol. The SMILES string of the molecule is C/C=C(\C)C(=O)O/C=C/[C@H]1C2=C(CO[C@H]2CC(C)=O)[C@H]2C[C@]1(C)CC[C@H]2CC(C)O. The molecule has 1 fully saturated rings. The maximum Gasteiger partial charge on any atom is 0.338 e. The Kier molecular flexibility index (Phi) is 7.03. The van der Waals surface area contributed by atoms with Gasteiger partial charge in [-0.05, 0) is 87.9 Å². The van der Waals surface area contributed by atoms with Gasteiger partial charge in [0.2, 0.25) is 0 Å². The first-order valence-electron chi connectivity index (χ1n) is 11.2. The van der Waals surface area contributed by atoms with Crippen LogP contribution in [-0.4, -0.2) is 35.7 Å². The van der Waals surface area contributed by atoms with Crippen molar-refractivity contribution < 1.29 is 24.2 Å². The number of aliphatic hydroxyl groups is 1. The number of ether oxygens (including phenoxy) is 2. The second-order valence-corrected chi connectivity index (χ2v) is 9.72. The number of aliphatic hydroxyl groups excluding tert-OH is 1. The molecule has 5 nitrogen and oxygen atoms in total. The molecular formula is C25H36O5. The summed E-state index contributed by atoms with van der Waals surface area (Å²) in [6.07, 6.45) is 9.09. The smallest absolute Gasteiger partial charge is 0.338 e. The van der Waals surface area contributed by atoms with Crippen molar-refractivity contribution in [2.24, 2.45) is 23.2 Å². The van der Waals surface area contributed by atoms with Crippen LogP contribution in [0.5, 0.6) is 0 Å². The molecule has 3 aliphatic rings. The van der Waals surface area contributed by atoms with Crippen LogP contribution in [0.25, 0.3) is 0 Å². The summed E-state index contributed by atoms with van der Waals surface area (Å²) in [7, 11) is 0. The van der Waals surface area contributed by atoms with Gasteiger partial charge in [-0.2, -0.15) is 0 Å². The largest absolute Gasteiger partial charge is 0.431 e. The lowest BCUT2D eigenvalue weighted by atomic mass is 9.52. The summed E-state index contributed by atoms with van der Waals surface area (Å²) in [6.45, 7) is 9.89. The first kappa shape index (κ1) is 23.0. The van der Waals surface area contributed by atoms with Crippen LogP contribution in [0, 0.1) is 23.2 Å². The summed E-state index contributed by atoms with van der Waals surface area (Å²) < 4.78 is 11.5. The van der Waals surface area contributed by atoms with Gasteiger partial charge in [-0.3, -0.25) is 4.79 Å². The quantitative estimate of drug-likeness (QED) is 0.286. The normalized spacial score (nSPS) is 34.8. The molecule has 30 heavy (non-hydrogen) atoms. The van der Waals surface area contributed by atoms with Crippen molar-refractivity contribution in [2.45, 2.75) is 78.9 Å². The molecule has 0 aromatic heterocycles. The van der Waals surface area contributed by atoms with E-state index >= 15 is 0 Å². The van der Waals surface area contributed by atoms with E-state index in [4.69, 9.17) is 9.47 Å². The average Bonchev–Trinajstić information content (AvgIpc) is 3.07. The number of allylic oxidation sites excluding steroid dienone is 2. The Bertz CT molecular complexity index is 774. The van der Waals surface area contributed by atoms with Gasteiger partial charge in [0.25, 0.3) is 0 Å². The Morgan fingerprint density at radius 3 is 2.73 bits per heavy atom. The molecule has 0 amide bonds. The monoisotopic (exact) mass is 416 g/mol. The first-order valence-corrected chi connectivity index (χ1v) is 11.2. The van der Waals surface area contributed by atoms with E-state index in [1.54, 1.807) is 19.9 Å². The van der Waals surface area contributed by atoms with Gasteiger partial charge >= 0.3 is 5.97 Å². The number of hydrogen-bond donors (Lipinski definition) is 1. The van der Waals surface area contributed by atoms with Gasteiger partial charge in [0, 0.05) is 17.9 Å². The fourth-order valence-electron chi connectivity index (χ4n) is 5.72. The van der Waals surface area contributed by atoms with Crippen molar-refractivity contribution in [1.29, 1.82) is 0 Å². The van der Waals surface area contributed by atoms with Crippen LogP contribution >= 0.6 is 0 Å². The van der Waals surface area contributed by atoms with Crippen LogP contribution in [0.3, 0.4) is 0 Å². The second-order valence-electron chi connectivity index (χ2n) is 9.72. The number of ketones is 1. The van der Waals surface area contributed by atoms with E-state index in [2.05, 4.69) is 6.92 Å². The van der Waals surface area contributed by atoms with E-state index in [1.807, 2.05) is 19.9 Å². The molecule has 0 aromatic rings. The first-order chi connectivity index (χ1) is 14.2. The molecule has 1 N–H and O–H groups in total. The van der Waals surface area contributed by atoms with Gasteiger partial charge in [-0.1, -0.05) is 13.0 Å². The lowest BCUT2D eigenvalue weighted by molar-refractivity contribution is -0.133. The van der Waals surface area contributed by atoms with Crippen LogP contribution in [-0.2, 0) is 19.1 Å². The third-order valence-corrected chi connectivity index (χ3v) is 7.35. The highest BCUT2D eigenvalue weighted by molar-refractivity contribution is 5.88. The van der Waals surface area contributed by atoms with E-state index in [1.165, 1.54) is 17.4 Å². The lowest BCUT2D eigenvalue weighted by Gasteiger charge is -2.52.